The Kier molecular flexibility index (Phi) is 5.04. The fourth-order valence-corrected chi connectivity index (χ4v) is 4.98. The number of nitrogens with zero attached hydrogens (tertiary/aromatic N) is 2. The minimum atomic E-state index is 0.00257. The second kappa shape index (κ2) is 8.16. The Morgan fingerprint density at radius 2 is 1.25 bits per heavy atom. The van der Waals surface area contributed by atoms with Gasteiger partial charge in [0.25, 0.3) is 0 Å². The molecule has 1 N–H and O–H groups in total. The summed E-state index contributed by atoms with van der Waals surface area (Å²) < 4.78 is 6.12. The molecular formula is C31H28N2O3. The summed E-state index contributed by atoms with van der Waals surface area (Å²) in [6.07, 6.45) is 0. The van der Waals surface area contributed by atoms with Gasteiger partial charge in [-0.3, -0.25) is 14.8 Å². The van der Waals surface area contributed by atoms with Gasteiger partial charge in [-0.1, -0.05) is 45.0 Å². The third-order valence-corrected chi connectivity index (χ3v) is 6.97. The number of carbonyl (C=O) groups is 1. The zero-order valence-electron chi connectivity index (χ0n) is 20.7. The number of phenolic OH excluding ortho intramolecular Hbond substituents is 1. The van der Waals surface area contributed by atoms with E-state index < -0.39 is 0 Å². The summed E-state index contributed by atoms with van der Waals surface area (Å²) in [7, 11) is 0. The van der Waals surface area contributed by atoms with Crippen LogP contribution in [0.3, 0.4) is 0 Å². The first-order chi connectivity index (χ1) is 17.3. The topological polar surface area (TPSA) is 53.0 Å². The molecule has 180 valence electrons. The fraction of sp³-hybridized carbons (Fsp3) is 0.194. The van der Waals surface area contributed by atoms with E-state index in [0.29, 0.717) is 22.6 Å². The van der Waals surface area contributed by atoms with E-state index in [9.17, 15) is 9.90 Å². The van der Waals surface area contributed by atoms with Gasteiger partial charge in [-0.2, -0.15) is 0 Å². The number of aromatic hydroxyl groups is 1. The average Bonchev–Trinajstić information content (AvgIpc) is 3.38. The van der Waals surface area contributed by atoms with Gasteiger partial charge in [0.15, 0.2) is 5.78 Å². The Morgan fingerprint density at radius 3 is 1.86 bits per heavy atom. The number of phenols is 1. The normalized spacial score (nSPS) is 13.9. The van der Waals surface area contributed by atoms with Gasteiger partial charge in [0.1, 0.15) is 17.2 Å². The summed E-state index contributed by atoms with van der Waals surface area (Å²) in [6.45, 7) is 7.99. The maximum absolute atomic E-state index is 12.9. The molecule has 0 amide bonds. The van der Waals surface area contributed by atoms with Crippen molar-refractivity contribution in [2.75, 3.05) is 10.0 Å². The highest BCUT2D eigenvalue weighted by molar-refractivity contribution is 6.09. The van der Waals surface area contributed by atoms with Gasteiger partial charge in [0.2, 0.25) is 0 Å². The molecule has 0 bridgehead atoms. The lowest BCUT2D eigenvalue weighted by Crippen LogP contribution is -2.30. The van der Waals surface area contributed by atoms with E-state index >= 15 is 0 Å². The second-order valence-electron chi connectivity index (χ2n) is 10.5. The van der Waals surface area contributed by atoms with Gasteiger partial charge in [0, 0.05) is 22.3 Å². The second-order valence-corrected chi connectivity index (χ2v) is 10.5. The molecule has 0 saturated heterocycles. The minimum absolute atomic E-state index is 0.00257. The lowest BCUT2D eigenvalue weighted by Gasteiger charge is -2.23. The molecule has 36 heavy (non-hydrogen) atoms. The van der Waals surface area contributed by atoms with Crippen LogP contribution in [0, 0.1) is 0 Å². The molecule has 0 fully saturated rings. The molecule has 0 saturated carbocycles. The van der Waals surface area contributed by atoms with Crippen molar-refractivity contribution < 1.29 is 14.6 Å². The van der Waals surface area contributed by atoms with Crippen LogP contribution in [0.25, 0.3) is 0 Å². The first kappa shape index (κ1) is 22.2. The molecule has 0 spiro atoms. The van der Waals surface area contributed by atoms with Gasteiger partial charge in [-0.05, 0) is 71.6 Å². The van der Waals surface area contributed by atoms with E-state index in [4.69, 9.17) is 4.74 Å². The number of hydrogen-bond acceptors (Lipinski definition) is 5. The number of carbonyl (C=O) groups excluding carboxylic acids is 1. The van der Waals surface area contributed by atoms with Gasteiger partial charge in [0.05, 0.1) is 24.5 Å². The highest BCUT2D eigenvalue weighted by Gasteiger charge is 2.34. The Hall–Kier alpha value is -4.25. The molecule has 5 heteroatoms. The minimum Gasteiger partial charge on any atom is -0.508 e. The van der Waals surface area contributed by atoms with Crippen molar-refractivity contribution in [3.05, 3.63) is 113 Å². The van der Waals surface area contributed by atoms with Crippen LogP contribution in [-0.2, 0) is 18.5 Å². The standard InChI is InChI=1S/C31H28N2O3/c1-31(2,3)24-8-4-20(5-9-24)30(35)21-6-11-26(12-7-21)36-27-13-15-29-23(17-27)19-33-28-14-10-25(34)16-22(28)18-32(29)33/h4-17,34H,18-19H2,1-3H3. The van der Waals surface area contributed by atoms with Gasteiger partial charge in [-0.15, -0.1) is 0 Å². The molecule has 4 aromatic rings. The quantitative estimate of drug-likeness (QED) is 0.323. The number of hydrazine groups is 1. The molecule has 0 radical (unpaired) electrons. The molecule has 2 aliphatic rings. The number of fused-ring (bicyclic) bond motifs is 5. The molecule has 5 nitrogen and oxygen atoms in total. The van der Waals surface area contributed by atoms with Crippen molar-refractivity contribution in [2.45, 2.75) is 39.3 Å². The van der Waals surface area contributed by atoms with E-state index in [0.717, 1.165) is 35.8 Å². The maximum Gasteiger partial charge on any atom is 0.193 e. The van der Waals surface area contributed by atoms with Crippen molar-refractivity contribution in [1.82, 2.24) is 0 Å². The first-order valence-electron chi connectivity index (χ1n) is 12.2. The highest BCUT2D eigenvalue weighted by Crippen LogP contribution is 2.44. The molecule has 0 atom stereocenters. The zero-order valence-corrected chi connectivity index (χ0v) is 20.7. The summed E-state index contributed by atoms with van der Waals surface area (Å²) in [5.74, 6) is 1.75. The Labute approximate surface area is 211 Å². The van der Waals surface area contributed by atoms with Crippen LogP contribution >= 0.6 is 0 Å². The van der Waals surface area contributed by atoms with Crippen LogP contribution in [0.1, 0.15) is 53.4 Å². The maximum atomic E-state index is 12.9. The van der Waals surface area contributed by atoms with E-state index in [1.807, 2.05) is 66.7 Å². The highest BCUT2D eigenvalue weighted by atomic mass is 16.5. The zero-order chi connectivity index (χ0) is 25.0. The Bertz CT molecular complexity index is 1470. The fourth-order valence-electron chi connectivity index (χ4n) is 4.98. The summed E-state index contributed by atoms with van der Waals surface area (Å²) in [5.41, 5.74) is 7.17. The third kappa shape index (κ3) is 3.87. The number of ether oxygens (including phenoxy) is 1. The number of ketones is 1. The summed E-state index contributed by atoms with van der Waals surface area (Å²) in [4.78, 5) is 12.9. The van der Waals surface area contributed by atoms with Crippen molar-refractivity contribution in [2.24, 2.45) is 0 Å². The summed E-state index contributed by atoms with van der Waals surface area (Å²) in [6, 6.07) is 26.8. The Morgan fingerprint density at radius 1 is 0.722 bits per heavy atom. The van der Waals surface area contributed by atoms with Crippen molar-refractivity contribution in [3.63, 3.8) is 0 Å². The van der Waals surface area contributed by atoms with Crippen molar-refractivity contribution >= 4 is 17.2 Å². The van der Waals surface area contributed by atoms with Gasteiger partial charge >= 0.3 is 0 Å². The third-order valence-electron chi connectivity index (χ3n) is 6.97. The number of rotatable bonds is 4. The lowest BCUT2D eigenvalue weighted by molar-refractivity contribution is 0.103. The van der Waals surface area contributed by atoms with E-state index in [-0.39, 0.29) is 11.2 Å². The van der Waals surface area contributed by atoms with Crippen LogP contribution < -0.4 is 14.8 Å². The smallest absolute Gasteiger partial charge is 0.193 e. The van der Waals surface area contributed by atoms with E-state index in [1.54, 1.807) is 6.07 Å². The average molecular weight is 477 g/mol. The SMILES string of the molecule is CC(C)(C)c1ccc(C(=O)c2ccc(Oc3ccc4c(c3)CN3c5ccc(O)cc5CN43)cc2)cc1. The molecule has 6 rings (SSSR count). The molecule has 0 aliphatic carbocycles. The van der Waals surface area contributed by atoms with Gasteiger partial charge in [-0.25, -0.2) is 0 Å². The van der Waals surface area contributed by atoms with Crippen LogP contribution in [0.4, 0.5) is 11.4 Å². The summed E-state index contributed by atoms with van der Waals surface area (Å²) in [5, 5.41) is 14.3. The number of benzene rings is 4. The predicted molar refractivity (Wildman–Crippen MR) is 142 cm³/mol. The molecule has 2 aliphatic heterocycles. The van der Waals surface area contributed by atoms with Crippen LogP contribution in [0.15, 0.2) is 84.9 Å². The lowest BCUT2D eigenvalue weighted by atomic mass is 9.86. The summed E-state index contributed by atoms with van der Waals surface area (Å²) >= 11 is 0. The van der Waals surface area contributed by atoms with Gasteiger partial charge < -0.3 is 9.84 Å². The van der Waals surface area contributed by atoms with Crippen LogP contribution in [0.5, 0.6) is 17.2 Å². The van der Waals surface area contributed by atoms with Crippen LogP contribution in [0.2, 0.25) is 0 Å². The van der Waals surface area contributed by atoms with Crippen molar-refractivity contribution in [3.8, 4) is 17.2 Å². The van der Waals surface area contributed by atoms with E-state index in [2.05, 4.69) is 42.9 Å². The molecule has 2 heterocycles. The molecule has 0 unspecified atom stereocenters. The molecule has 0 aromatic heterocycles. The van der Waals surface area contributed by atoms with E-state index in [1.165, 1.54) is 11.1 Å². The monoisotopic (exact) mass is 476 g/mol. The Balaban J connectivity index is 1.15. The number of anilines is 2. The van der Waals surface area contributed by atoms with Crippen molar-refractivity contribution in [1.29, 1.82) is 0 Å². The largest absolute Gasteiger partial charge is 0.508 e. The first-order valence-corrected chi connectivity index (χ1v) is 12.2. The number of hydrogen-bond donors (Lipinski definition) is 1. The van der Waals surface area contributed by atoms with Crippen LogP contribution in [-0.4, -0.2) is 10.9 Å². The molecule has 4 aromatic carbocycles. The predicted octanol–water partition coefficient (Wildman–Crippen LogP) is 6.97. The molecular weight excluding hydrogens is 448 g/mol.